The molecule has 0 amide bonds. The van der Waals surface area contributed by atoms with Crippen LogP contribution in [0.3, 0.4) is 0 Å². The molecule has 0 radical (unpaired) electrons. The van der Waals surface area contributed by atoms with E-state index in [0.29, 0.717) is 5.92 Å². The van der Waals surface area contributed by atoms with Gasteiger partial charge in [0.2, 0.25) is 0 Å². The molecule has 88 valence electrons. The second kappa shape index (κ2) is 4.96. The van der Waals surface area contributed by atoms with Gasteiger partial charge in [-0.15, -0.1) is 5.10 Å². The Labute approximate surface area is 106 Å². The van der Waals surface area contributed by atoms with Crippen LogP contribution in [0.4, 0.5) is 0 Å². The van der Waals surface area contributed by atoms with E-state index in [2.05, 4.69) is 33.9 Å². The average Bonchev–Trinajstić information content (AvgIpc) is 2.90. The zero-order valence-electron chi connectivity index (χ0n) is 9.80. The van der Waals surface area contributed by atoms with E-state index in [1.807, 2.05) is 6.07 Å². The molecule has 1 saturated carbocycles. The monoisotopic (exact) mass is 244 g/mol. The van der Waals surface area contributed by atoms with Gasteiger partial charge in [0.15, 0.2) is 0 Å². The van der Waals surface area contributed by atoms with Crippen LogP contribution in [0.25, 0.3) is 11.3 Å². The minimum Gasteiger partial charge on any atom is -0.138 e. The number of hydrogen-bond donors (Lipinski definition) is 0. The lowest BCUT2D eigenvalue weighted by Crippen LogP contribution is -2.03. The predicted octanol–water partition coefficient (Wildman–Crippen LogP) is 4.25. The summed E-state index contributed by atoms with van der Waals surface area (Å²) in [5.41, 5.74) is 2.32. The SMILES string of the molecule is c1ccc(-c2nnsc2C2CCCCC2)cc1. The quantitative estimate of drug-likeness (QED) is 0.789. The molecule has 0 atom stereocenters. The third-order valence-corrected chi connectivity index (χ3v) is 4.42. The van der Waals surface area contributed by atoms with E-state index in [-0.39, 0.29) is 0 Å². The third-order valence-electron chi connectivity index (χ3n) is 3.54. The molecule has 2 aromatic rings. The lowest BCUT2D eigenvalue weighted by atomic mass is 9.87. The highest BCUT2D eigenvalue weighted by Crippen LogP contribution is 2.38. The van der Waals surface area contributed by atoms with Crippen molar-refractivity contribution in [3.05, 3.63) is 35.2 Å². The van der Waals surface area contributed by atoms with Gasteiger partial charge in [0, 0.05) is 5.56 Å². The van der Waals surface area contributed by atoms with Gasteiger partial charge in [-0.2, -0.15) is 0 Å². The van der Waals surface area contributed by atoms with Crippen molar-refractivity contribution in [3.8, 4) is 11.3 Å². The minimum atomic E-state index is 0.693. The van der Waals surface area contributed by atoms with Crippen LogP contribution in [0.1, 0.15) is 42.9 Å². The fourth-order valence-corrected chi connectivity index (χ4v) is 3.47. The van der Waals surface area contributed by atoms with Crippen molar-refractivity contribution in [1.82, 2.24) is 9.59 Å². The van der Waals surface area contributed by atoms with E-state index in [1.165, 1.54) is 42.5 Å². The topological polar surface area (TPSA) is 25.8 Å². The molecule has 3 heteroatoms. The van der Waals surface area contributed by atoms with Crippen LogP contribution < -0.4 is 0 Å². The Hall–Kier alpha value is -1.22. The van der Waals surface area contributed by atoms with E-state index in [1.54, 1.807) is 11.5 Å². The summed E-state index contributed by atoms with van der Waals surface area (Å²) in [5.74, 6) is 0.693. The van der Waals surface area contributed by atoms with Gasteiger partial charge < -0.3 is 0 Å². The Morgan fingerprint density at radius 3 is 2.53 bits per heavy atom. The van der Waals surface area contributed by atoms with E-state index >= 15 is 0 Å². The second-order valence-electron chi connectivity index (χ2n) is 4.69. The smallest absolute Gasteiger partial charge is 0.109 e. The van der Waals surface area contributed by atoms with Crippen LogP contribution >= 0.6 is 11.5 Å². The Kier molecular flexibility index (Phi) is 3.18. The summed E-state index contributed by atoms with van der Waals surface area (Å²) in [6.45, 7) is 0. The zero-order valence-corrected chi connectivity index (χ0v) is 10.6. The van der Waals surface area contributed by atoms with Crippen molar-refractivity contribution in [2.24, 2.45) is 0 Å². The van der Waals surface area contributed by atoms with Gasteiger partial charge in [0.1, 0.15) is 5.69 Å². The van der Waals surface area contributed by atoms with Crippen LogP contribution in [-0.4, -0.2) is 9.59 Å². The number of nitrogens with zero attached hydrogens (tertiary/aromatic N) is 2. The Morgan fingerprint density at radius 1 is 1.00 bits per heavy atom. The lowest BCUT2D eigenvalue weighted by Gasteiger charge is -2.20. The molecule has 0 saturated heterocycles. The molecule has 3 rings (SSSR count). The maximum atomic E-state index is 4.33. The van der Waals surface area contributed by atoms with Gasteiger partial charge >= 0.3 is 0 Å². The highest BCUT2D eigenvalue weighted by molar-refractivity contribution is 7.06. The molecule has 1 aliphatic carbocycles. The predicted molar refractivity (Wildman–Crippen MR) is 71.2 cm³/mol. The van der Waals surface area contributed by atoms with Crippen molar-refractivity contribution in [3.63, 3.8) is 0 Å². The molecule has 1 fully saturated rings. The molecule has 1 aromatic heterocycles. The fraction of sp³-hybridized carbons (Fsp3) is 0.429. The molecule has 1 aliphatic rings. The van der Waals surface area contributed by atoms with Crippen molar-refractivity contribution < 1.29 is 0 Å². The van der Waals surface area contributed by atoms with Crippen LogP contribution in [0.5, 0.6) is 0 Å². The van der Waals surface area contributed by atoms with Gasteiger partial charge in [0.05, 0.1) is 4.88 Å². The number of aromatic nitrogens is 2. The molecule has 0 N–H and O–H groups in total. The molecular formula is C14H16N2S. The average molecular weight is 244 g/mol. The molecular weight excluding hydrogens is 228 g/mol. The molecule has 17 heavy (non-hydrogen) atoms. The van der Waals surface area contributed by atoms with Crippen LogP contribution in [0.2, 0.25) is 0 Å². The molecule has 0 bridgehead atoms. The normalized spacial score (nSPS) is 17.2. The molecule has 2 nitrogen and oxygen atoms in total. The summed E-state index contributed by atoms with van der Waals surface area (Å²) in [6, 6.07) is 10.4. The van der Waals surface area contributed by atoms with Gasteiger partial charge in [-0.3, -0.25) is 0 Å². The maximum Gasteiger partial charge on any atom is 0.109 e. The molecule has 0 unspecified atom stereocenters. The van der Waals surface area contributed by atoms with E-state index in [9.17, 15) is 0 Å². The zero-order chi connectivity index (χ0) is 11.5. The van der Waals surface area contributed by atoms with Crippen molar-refractivity contribution >= 4 is 11.5 Å². The summed E-state index contributed by atoms with van der Waals surface area (Å²) in [7, 11) is 0. The Balaban J connectivity index is 1.93. The van der Waals surface area contributed by atoms with Gasteiger partial charge in [-0.1, -0.05) is 54.1 Å². The summed E-state index contributed by atoms with van der Waals surface area (Å²) in [5, 5.41) is 4.33. The minimum absolute atomic E-state index is 0.693. The first-order valence-electron chi connectivity index (χ1n) is 6.33. The third kappa shape index (κ3) is 2.25. The van der Waals surface area contributed by atoms with E-state index < -0.39 is 0 Å². The highest BCUT2D eigenvalue weighted by atomic mass is 32.1. The lowest BCUT2D eigenvalue weighted by molar-refractivity contribution is 0.448. The number of hydrogen-bond acceptors (Lipinski definition) is 3. The van der Waals surface area contributed by atoms with Gasteiger partial charge in [-0.05, 0) is 30.3 Å². The number of rotatable bonds is 2. The van der Waals surface area contributed by atoms with Crippen LogP contribution in [0.15, 0.2) is 30.3 Å². The first-order chi connectivity index (χ1) is 8.45. The second-order valence-corrected chi connectivity index (χ2v) is 5.47. The maximum absolute atomic E-state index is 4.33. The summed E-state index contributed by atoms with van der Waals surface area (Å²) < 4.78 is 4.17. The largest absolute Gasteiger partial charge is 0.138 e. The fourth-order valence-electron chi connectivity index (χ4n) is 2.63. The van der Waals surface area contributed by atoms with E-state index in [0.717, 1.165) is 5.69 Å². The molecule has 1 aromatic carbocycles. The standard InChI is InChI=1S/C14H16N2S/c1-3-7-11(8-4-1)13-14(17-16-15-13)12-9-5-2-6-10-12/h1,3-4,7-8,12H,2,5-6,9-10H2. The van der Waals surface area contributed by atoms with E-state index in [4.69, 9.17) is 0 Å². The summed E-state index contributed by atoms with van der Waals surface area (Å²) in [6.07, 6.45) is 6.73. The first kappa shape index (κ1) is 10.9. The Morgan fingerprint density at radius 2 is 1.76 bits per heavy atom. The molecule has 0 spiro atoms. The summed E-state index contributed by atoms with van der Waals surface area (Å²) in [4.78, 5) is 1.40. The Bertz CT molecular complexity index is 472. The van der Waals surface area contributed by atoms with Crippen LogP contribution in [-0.2, 0) is 0 Å². The van der Waals surface area contributed by atoms with Gasteiger partial charge in [-0.25, -0.2) is 0 Å². The van der Waals surface area contributed by atoms with Crippen molar-refractivity contribution in [2.75, 3.05) is 0 Å². The molecule has 0 aliphatic heterocycles. The molecule has 1 heterocycles. The number of benzene rings is 1. The van der Waals surface area contributed by atoms with Crippen LogP contribution in [0, 0.1) is 0 Å². The van der Waals surface area contributed by atoms with Crippen molar-refractivity contribution in [1.29, 1.82) is 0 Å². The van der Waals surface area contributed by atoms with Gasteiger partial charge in [0.25, 0.3) is 0 Å². The first-order valence-corrected chi connectivity index (χ1v) is 7.10. The van der Waals surface area contributed by atoms with Crippen molar-refractivity contribution in [2.45, 2.75) is 38.0 Å². The highest BCUT2D eigenvalue weighted by Gasteiger charge is 2.22. The summed E-state index contributed by atoms with van der Waals surface area (Å²) >= 11 is 1.59.